The van der Waals surface area contributed by atoms with Crippen LogP contribution in [0.2, 0.25) is 0 Å². The summed E-state index contributed by atoms with van der Waals surface area (Å²) in [5.41, 5.74) is 7.96. The third-order valence-electron chi connectivity index (χ3n) is 8.33. The molecule has 3 saturated heterocycles. The Balaban J connectivity index is 0.000000531. The number of carbonyl (C=O) groups is 2. The number of nitrogen functional groups attached to an aromatic ring is 1. The number of nitrogens with zero attached hydrogens (tertiary/aromatic N) is 5. The van der Waals surface area contributed by atoms with Gasteiger partial charge in [0.1, 0.15) is 30.2 Å². The van der Waals surface area contributed by atoms with E-state index in [-0.39, 0.29) is 41.7 Å². The van der Waals surface area contributed by atoms with Crippen LogP contribution in [0.3, 0.4) is 0 Å². The number of aliphatic carboxylic acids is 1. The molecule has 0 saturated carbocycles. The van der Waals surface area contributed by atoms with Crippen LogP contribution in [0.1, 0.15) is 71.6 Å². The molecule has 216 valence electrons. The molecule has 3 aliphatic rings. The maximum atomic E-state index is 12.5. The number of hydrogen-bond acceptors (Lipinski definition) is 9. The lowest BCUT2D eigenvalue weighted by atomic mass is 9.85. The summed E-state index contributed by atoms with van der Waals surface area (Å²) in [6, 6.07) is 3.91. The Morgan fingerprint density at radius 3 is 2.49 bits per heavy atom. The lowest BCUT2D eigenvalue weighted by Crippen LogP contribution is -2.54. The van der Waals surface area contributed by atoms with Crippen LogP contribution in [0.25, 0.3) is 5.52 Å². The van der Waals surface area contributed by atoms with Crippen molar-refractivity contribution in [3.05, 3.63) is 24.2 Å². The molecule has 11 heteroatoms. The predicted octanol–water partition coefficient (Wildman–Crippen LogP) is 3.00. The monoisotopic (exact) mass is 544 g/mol. The van der Waals surface area contributed by atoms with E-state index in [0.717, 1.165) is 37.4 Å². The largest absolute Gasteiger partial charge is 0.481 e. The minimum atomic E-state index is -0.741. The number of esters is 1. The van der Waals surface area contributed by atoms with Crippen molar-refractivity contribution in [2.24, 2.45) is 11.8 Å². The van der Waals surface area contributed by atoms with Crippen LogP contribution >= 0.6 is 0 Å². The summed E-state index contributed by atoms with van der Waals surface area (Å²) < 4.78 is 14.4. The molecule has 0 bridgehead atoms. The van der Waals surface area contributed by atoms with Crippen molar-refractivity contribution in [3.63, 3.8) is 0 Å². The lowest BCUT2D eigenvalue weighted by Gasteiger charge is -2.45. The maximum absolute atomic E-state index is 12.5. The topological polar surface area (TPSA) is 136 Å². The SMILES string of the molecule is CC(C)C(=O)O.CC(C)C(=O)O[C@H]1CC(c2ccc3c(N)ncnn23)OC1CN1CCCC12CCN(C)CC2. The summed E-state index contributed by atoms with van der Waals surface area (Å²) in [7, 11) is 2.20. The number of carbonyl (C=O) groups excluding carboxylic acids is 1. The zero-order chi connectivity index (χ0) is 28.3. The molecule has 3 N–H and O–H groups in total. The number of carboxylic acid groups (broad SMARTS) is 1. The zero-order valence-corrected chi connectivity index (χ0v) is 23.9. The molecule has 0 amide bonds. The van der Waals surface area contributed by atoms with E-state index in [1.807, 2.05) is 26.0 Å². The number of ether oxygens (including phenoxy) is 2. The Morgan fingerprint density at radius 1 is 1.15 bits per heavy atom. The molecule has 39 heavy (non-hydrogen) atoms. The summed E-state index contributed by atoms with van der Waals surface area (Å²) in [6.07, 6.45) is 6.25. The summed E-state index contributed by atoms with van der Waals surface area (Å²) in [4.78, 5) is 31.4. The molecule has 11 nitrogen and oxygen atoms in total. The zero-order valence-electron chi connectivity index (χ0n) is 23.9. The fraction of sp³-hybridized carbons (Fsp3) is 0.714. The van der Waals surface area contributed by atoms with Gasteiger partial charge in [-0.2, -0.15) is 5.10 Å². The Morgan fingerprint density at radius 2 is 1.85 bits per heavy atom. The Kier molecular flexibility index (Phi) is 9.13. The van der Waals surface area contributed by atoms with Crippen LogP contribution in [0.5, 0.6) is 0 Å². The molecule has 0 aliphatic carbocycles. The van der Waals surface area contributed by atoms with Gasteiger partial charge in [-0.1, -0.05) is 27.7 Å². The molecular formula is C28H44N6O5. The van der Waals surface area contributed by atoms with Gasteiger partial charge in [-0.3, -0.25) is 14.5 Å². The highest BCUT2D eigenvalue weighted by atomic mass is 16.6. The number of anilines is 1. The summed E-state index contributed by atoms with van der Waals surface area (Å²) >= 11 is 0. The van der Waals surface area contributed by atoms with Gasteiger partial charge in [-0.15, -0.1) is 0 Å². The number of aromatic nitrogens is 3. The number of fused-ring (bicyclic) bond motifs is 1. The molecule has 5 heterocycles. The van der Waals surface area contributed by atoms with Gasteiger partial charge in [0, 0.05) is 18.5 Å². The Hall–Kier alpha value is -2.76. The second-order valence-electron chi connectivity index (χ2n) is 11.8. The minimum Gasteiger partial charge on any atom is -0.481 e. The van der Waals surface area contributed by atoms with E-state index in [1.165, 1.54) is 32.0 Å². The second kappa shape index (κ2) is 12.2. The summed E-state index contributed by atoms with van der Waals surface area (Å²) in [5.74, 6) is -0.871. The van der Waals surface area contributed by atoms with Crippen LogP contribution in [0, 0.1) is 11.8 Å². The van der Waals surface area contributed by atoms with E-state index in [9.17, 15) is 9.59 Å². The third-order valence-corrected chi connectivity index (χ3v) is 8.33. The Bertz CT molecular complexity index is 1140. The number of carboxylic acids is 1. The molecule has 3 aliphatic heterocycles. The van der Waals surface area contributed by atoms with Crippen molar-refractivity contribution in [1.29, 1.82) is 0 Å². The van der Waals surface area contributed by atoms with E-state index in [0.29, 0.717) is 12.2 Å². The van der Waals surface area contributed by atoms with Crippen LogP contribution in [0.15, 0.2) is 18.5 Å². The molecule has 2 aromatic rings. The van der Waals surface area contributed by atoms with E-state index in [2.05, 4.69) is 26.9 Å². The van der Waals surface area contributed by atoms with E-state index < -0.39 is 5.97 Å². The van der Waals surface area contributed by atoms with Crippen molar-refractivity contribution >= 4 is 23.3 Å². The highest BCUT2D eigenvalue weighted by Crippen LogP contribution is 2.41. The van der Waals surface area contributed by atoms with Crippen molar-refractivity contribution in [3.8, 4) is 0 Å². The molecule has 3 fully saturated rings. The van der Waals surface area contributed by atoms with Gasteiger partial charge in [0.15, 0.2) is 5.82 Å². The highest BCUT2D eigenvalue weighted by molar-refractivity contribution is 5.71. The van der Waals surface area contributed by atoms with Gasteiger partial charge in [-0.25, -0.2) is 9.50 Å². The lowest BCUT2D eigenvalue weighted by molar-refractivity contribution is -0.156. The van der Waals surface area contributed by atoms with Gasteiger partial charge < -0.3 is 25.2 Å². The molecule has 5 rings (SSSR count). The molecule has 3 atom stereocenters. The van der Waals surface area contributed by atoms with Crippen molar-refractivity contribution in [2.45, 2.75) is 83.6 Å². The van der Waals surface area contributed by atoms with Gasteiger partial charge in [0.25, 0.3) is 0 Å². The average Bonchev–Trinajstić information content (AvgIpc) is 3.60. The molecular weight excluding hydrogens is 500 g/mol. The fourth-order valence-corrected chi connectivity index (χ4v) is 5.79. The average molecular weight is 545 g/mol. The smallest absolute Gasteiger partial charge is 0.308 e. The van der Waals surface area contributed by atoms with Gasteiger partial charge in [0.2, 0.25) is 0 Å². The first-order valence-electron chi connectivity index (χ1n) is 14.1. The molecule has 0 aromatic carbocycles. The second-order valence-corrected chi connectivity index (χ2v) is 11.8. The number of likely N-dealkylation sites (tertiary alicyclic amines) is 2. The van der Waals surface area contributed by atoms with Crippen LogP contribution < -0.4 is 5.73 Å². The summed E-state index contributed by atoms with van der Waals surface area (Å²) in [6.45, 7) is 11.2. The minimum absolute atomic E-state index is 0.168. The van der Waals surface area contributed by atoms with Gasteiger partial charge >= 0.3 is 11.9 Å². The highest BCUT2D eigenvalue weighted by Gasteiger charge is 2.47. The Labute approximate surface area is 230 Å². The van der Waals surface area contributed by atoms with E-state index in [1.54, 1.807) is 18.4 Å². The predicted molar refractivity (Wildman–Crippen MR) is 147 cm³/mol. The first-order chi connectivity index (χ1) is 18.5. The van der Waals surface area contributed by atoms with Crippen molar-refractivity contribution in [1.82, 2.24) is 24.4 Å². The standard InChI is InChI=1S/C24H36N6O3.C4H8O2/c1-16(2)23(31)33-20-13-19(17-5-6-18-22(25)26-15-27-30(17)18)32-21(20)14-29-10-4-7-24(29)8-11-28(3)12-9-24;1-3(2)4(5)6/h5-6,15-16,19-21H,4,7-14H2,1-3H3,(H2,25,26,27);3H,1-2H3,(H,5,6)/t19?,20-,21?;/m0./s1. The van der Waals surface area contributed by atoms with E-state index in [4.69, 9.17) is 20.3 Å². The molecule has 2 unspecified atom stereocenters. The molecule has 2 aromatic heterocycles. The number of piperidine rings is 1. The number of hydrogen-bond donors (Lipinski definition) is 2. The number of nitrogens with two attached hydrogens (primary N) is 1. The maximum Gasteiger partial charge on any atom is 0.308 e. The van der Waals surface area contributed by atoms with Crippen LogP contribution in [-0.4, -0.2) is 92.4 Å². The summed E-state index contributed by atoms with van der Waals surface area (Å²) in [5, 5.41) is 12.4. The first kappa shape index (κ1) is 29.2. The normalized spacial score (nSPS) is 25.4. The van der Waals surface area contributed by atoms with Gasteiger partial charge in [-0.05, 0) is 64.5 Å². The van der Waals surface area contributed by atoms with Crippen molar-refractivity contribution in [2.75, 3.05) is 39.0 Å². The molecule has 1 spiro atoms. The first-order valence-corrected chi connectivity index (χ1v) is 14.1. The van der Waals surface area contributed by atoms with Crippen LogP contribution in [0.4, 0.5) is 5.82 Å². The quantitative estimate of drug-likeness (QED) is 0.522. The molecule has 0 radical (unpaired) electrons. The van der Waals surface area contributed by atoms with Crippen molar-refractivity contribution < 1.29 is 24.2 Å². The third kappa shape index (κ3) is 6.53. The number of rotatable bonds is 6. The van der Waals surface area contributed by atoms with Gasteiger partial charge in [0.05, 0.1) is 17.5 Å². The fourth-order valence-electron chi connectivity index (χ4n) is 5.79. The van der Waals surface area contributed by atoms with E-state index >= 15 is 0 Å². The van der Waals surface area contributed by atoms with Crippen LogP contribution in [-0.2, 0) is 19.1 Å².